The van der Waals surface area contributed by atoms with Crippen LogP contribution in [0.2, 0.25) is 0 Å². The maximum atomic E-state index is 12.2. The minimum Gasteiger partial charge on any atom is -0.492 e. The molecule has 0 unspecified atom stereocenters. The second-order valence-corrected chi connectivity index (χ2v) is 6.27. The summed E-state index contributed by atoms with van der Waals surface area (Å²) in [4.78, 5) is 0.209. The Morgan fingerprint density at radius 3 is 2.28 bits per heavy atom. The van der Waals surface area contributed by atoms with Gasteiger partial charge in [0, 0.05) is 6.04 Å². The largest absolute Gasteiger partial charge is 0.492 e. The number of nitrogens with one attached hydrogen (secondary N) is 1. The topological polar surface area (TPSA) is 55.4 Å². The molecule has 0 radical (unpaired) electrons. The molecule has 102 valence electrons. The maximum Gasteiger partial charge on any atom is 0.244 e. The van der Waals surface area contributed by atoms with Gasteiger partial charge in [-0.15, -0.1) is 0 Å². The summed E-state index contributed by atoms with van der Waals surface area (Å²) in [5.74, 6) is 0.411. The highest BCUT2D eigenvalue weighted by Crippen LogP contribution is 2.27. The molecule has 5 heteroatoms. The molecule has 0 bridgehead atoms. The van der Waals surface area contributed by atoms with Crippen LogP contribution in [0.15, 0.2) is 17.0 Å². The van der Waals surface area contributed by atoms with Gasteiger partial charge in [0.15, 0.2) is 0 Å². The van der Waals surface area contributed by atoms with E-state index in [2.05, 4.69) is 4.72 Å². The van der Waals surface area contributed by atoms with Crippen molar-refractivity contribution >= 4 is 10.0 Å². The molecule has 4 nitrogen and oxygen atoms in total. The fourth-order valence-electron chi connectivity index (χ4n) is 1.62. The SMILES string of the molecule is CCOc1cc(C)c(C)cc1S(=O)(=O)NC(C)C. The van der Waals surface area contributed by atoms with Crippen LogP contribution in [0.25, 0.3) is 0 Å². The number of benzene rings is 1. The van der Waals surface area contributed by atoms with E-state index in [0.717, 1.165) is 11.1 Å². The average molecular weight is 271 g/mol. The Morgan fingerprint density at radius 1 is 1.22 bits per heavy atom. The van der Waals surface area contributed by atoms with E-state index in [-0.39, 0.29) is 10.9 Å². The lowest BCUT2D eigenvalue weighted by Crippen LogP contribution is -2.30. The van der Waals surface area contributed by atoms with E-state index in [1.54, 1.807) is 26.0 Å². The highest BCUT2D eigenvalue weighted by Gasteiger charge is 2.21. The molecule has 0 heterocycles. The lowest BCUT2D eigenvalue weighted by molar-refractivity contribution is 0.330. The molecule has 0 atom stereocenters. The summed E-state index contributed by atoms with van der Waals surface area (Å²) < 4.78 is 32.4. The second-order valence-electron chi connectivity index (χ2n) is 4.59. The molecular weight excluding hydrogens is 250 g/mol. The number of rotatable bonds is 5. The summed E-state index contributed by atoms with van der Waals surface area (Å²) in [6, 6.07) is 3.28. The Hall–Kier alpha value is -1.07. The van der Waals surface area contributed by atoms with E-state index in [1.165, 1.54) is 0 Å². The Kier molecular flexibility index (Phi) is 4.76. The van der Waals surface area contributed by atoms with Crippen molar-refractivity contribution in [2.24, 2.45) is 0 Å². The predicted octanol–water partition coefficient (Wildman–Crippen LogP) is 2.39. The van der Waals surface area contributed by atoms with Crippen molar-refractivity contribution in [2.75, 3.05) is 6.61 Å². The summed E-state index contributed by atoms with van der Waals surface area (Å²) in [5.41, 5.74) is 1.95. The van der Waals surface area contributed by atoms with Crippen LogP contribution >= 0.6 is 0 Å². The molecule has 1 aromatic rings. The monoisotopic (exact) mass is 271 g/mol. The fourth-order valence-corrected chi connectivity index (χ4v) is 3.08. The molecule has 0 aromatic heterocycles. The lowest BCUT2D eigenvalue weighted by atomic mass is 10.1. The van der Waals surface area contributed by atoms with Crippen LogP contribution in [-0.4, -0.2) is 21.1 Å². The summed E-state index contributed by atoms with van der Waals surface area (Å²) in [5, 5.41) is 0. The van der Waals surface area contributed by atoms with Crippen molar-refractivity contribution in [3.63, 3.8) is 0 Å². The van der Waals surface area contributed by atoms with E-state index in [0.29, 0.717) is 12.4 Å². The quantitative estimate of drug-likeness (QED) is 0.894. The van der Waals surface area contributed by atoms with Gasteiger partial charge in [0.2, 0.25) is 10.0 Å². The van der Waals surface area contributed by atoms with Crippen molar-refractivity contribution in [2.45, 2.75) is 45.6 Å². The Bertz CT molecular complexity index is 521. The first-order valence-electron chi connectivity index (χ1n) is 6.04. The van der Waals surface area contributed by atoms with Gasteiger partial charge in [-0.2, -0.15) is 0 Å². The number of sulfonamides is 1. The van der Waals surface area contributed by atoms with Crippen LogP contribution in [0.4, 0.5) is 0 Å². The second kappa shape index (κ2) is 5.71. The predicted molar refractivity (Wildman–Crippen MR) is 72.5 cm³/mol. The highest BCUT2D eigenvalue weighted by molar-refractivity contribution is 7.89. The van der Waals surface area contributed by atoms with Crippen LogP contribution in [0.5, 0.6) is 5.75 Å². The van der Waals surface area contributed by atoms with Gasteiger partial charge in [0.1, 0.15) is 10.6 Å². The zero-order valence-corrected chi connectivity index (χ0v) is 12.4. The minimum absolute atomic E-state index is 0.147. The molecule has 18 heavy (non-hydrogen) atoms. The normalized spacial score (nSPS) is 11.9. The molecule has 0 saturated carbocycles. The first-order valence-corrected chi connectivity index (χ1v) is 7.52. The van der Waals surface area contributed by atoms with Gasteiger partial charge in [-0.25, -0.2) is 13.1 Å². The van der Waals surface area contributed by atoms with Gasteiger partial charge in [0.25, 0.3) is 0 Å². The number of hydrogen-bond acceptors (Lipinski definition) is 3. The smallest absolute Gasteiger partial charge is 0.244 e. The third-order valence-corrected chi connectivity index (χ3v) is 4.22. The van der Waals surface area contributed by atoms with Crippen LogP contribution in [0.1, 0.15) is 31.9 Å². The molecule has 1 aromatic carbocycles. The fraction of sp³-hybridized carbons (Fsp3) is 0.538. The zero-order chi connectivity index (χ0) is 13.9. The van der Waals surface area contributed by atoms with Crippen LogP contribution in [0, 0.1) is 13.8 Å². The zero-order valence-electron chi connectivity index (χ0n) is 11.6. The van der Waals surface area contributed by atoms with Crippen LogP contribution in [0.3, 0.4) is 0 Å². The molecule has 1 rings (SSSR count). The van der Waals surface area contributed by atoms with Gasteiger partial charge in [-0.05, 0) is 57.9 Å². The number of hydrogen-bond donors (Lipinski definition) is 1. The Labute approximate surface area is 109 Å². The Morgan fingerprint density at radius 2 is 1.78 bits per heavy atom. The third kappa shape index (κ3) is 3.46. The summed E-state index contributed by atoms with van der Waals surface area (Å²) >= 11 is 0. The lowest BCUT2D eigenvalue weighted by Gasteiger charge is -2.15. The molecule has 0 aliphatic rings. The van der Waals surface area contributed by atoms with Crippen LogP contribution in [-0.2, 0) is 10.0 Å². The van der Waals surface area contributed by atoms with Crippen molar-refractivity contribution < 1.29 is 13.2 Å². The molecule has 0 amide bonds. The van der Waals surface area contributed by atoms with E-state index < -0.39 is 10.0 Å². The standard InChI is InChI=1S/C13H21NO3S/c1-6-17-12-7-10(4)11(5)8-13(12)18(15,16)14-9(2)3/h7-9,14H,6H2,1-5H3. The van der Waals surface area contributed by atoms with E-state index >= 15 is 0 Å². The van der Waals surface area contributed by atoms with Crippen molar-refractivity contribution in [1.29, 1.82) is 0 Å². The number of ether oxygens (including phenoxy) is 1. The van der Waals surface area contributed by atoms with Crippen LogP contribution < -0.4 is 9.46 Å². The summed E-state index contributed by atoms with van der Waals surface area (Å²) in [7, 11) is -3.53. The van der Waals surface area contributed by atoms with E-state index in [1.807, 2.05) is 20.8 Å². The van der Waals surface area contributed by atoms with Gasteiger partial charge >= 0.3 is 0 Å². The number of aryl methyl sites for hydroxylation is 2. The summed E-state index contributed by atoms with van der Waals surface area (Å²) in [6.45, 7) is 9.68. The molecule has 0 aliphatic heterocycles. The van der Waals surface area contributed by atoms with Gasteiger partial charge < -0.3 is 4.74 Å². The third-order valence-electron chi connectivity index (χ3n) is 2.54. The van der Waals surface area contributed by atoms with Crippen molar-refractivity contribution in [1.82, 2.24) is 4.72 Å². The average Bonchev–Trinajstić information content (AvgIpc) is 2.21. The molecule has 0 fully saturated rings. The first kappa shape index (κ1) is 15.0. The maximum absolute atomic E-state index is 12.2. The van der Waals surface area contributed by atoms with Gasteiger partial charge in [0.05, 0.1) is 6.61 Å². The molecular formula is C13H21NO3S. The highest BCUT2D eigenvalue weighted by atomic mass is 32.2. The van der Waals surface area contributed by atoms with E-state index in [9.17, 15) is 8.42 Å². The molecule has 1 N–H and O–H groups in total. The first-order chi connectivity index (χ1) is 8.27. The van der Waals surface area contributed by atoms with Gasteiger partial charge in [-0.1, -0.05) is 0 Å². The molecule has 0 aliphatic carbocycles. The van der Waals surface area contributed by atoms with E-state index in [4.69, 9.17) is 4.74 Å². The van der Waals surface area contributed by atoms with Gasteiger partial charge in [-0.3, -0.25) is 0 Å². The Balaban J connectivity index is 3.33. The van der Waals surface area contributed by atoms with Crippen molar-refractivity contribution in [3.8, 4) is 5.75 Å². The van der Waals surface area contributed by atoms with Crippen molar-refractivity contribution in [3.05, 3.63) is 23.3 Å². The summed E-state index contributed by atoms with van der Waals surface area (Å²) in [6.07, 6.45) is 0. The molecule has 0 spiro atoms. The molecule has 0 saturated heterocycles. The minimum atomic E-state index is -3.53.